The number of halogens is 1. The van der Waals surface area contributed by atoms with Crippen LogP contribution in [-0.2, 0) is 4.74 Å². The molecule has 0 fully saturated rings. The molecule has 0 aliphatic rings. The molecule has 22 heavy (non-hydrogen) atoms. The van der Waals surface area contributed by atoms with E-state index in [0.29, 0.717) is 0 Å². The zero-order chi connectivity index (χ0) is 16.8. The van der Waals surface area contributed by atoms with Gasteiger partial charge in [0.1, 0.15) is 27.6 Å². The number of aromatic carboxylic acids is 1. The topological polar surface area (TPSA) is 124 Å². The number of hydrogen-bond acceptors (Lipinski definition) is 6. The fraction of sp³-hybridized carbons (Fsp3) is 0.143. The summed E-state index contributed by atoms with van der Waals surface area (Å²) >= 11 is 5.79. The predicted molar refractivity (Wildman–Crippen MR) is 77.0 cm³/mol. The van der Waals surface area contributed by atoms with Gasteiger partial charge in [-0.25, -0.2) is 9.59 Å². The highest BCUT2D eigenvalue weighted by molar-refractivity contribution is 6.36. The first kappa shape index (κ1) is 15.7. The van der Waals surface area contributed by atoms with Crippen LogP contribution < -0.4 is 0 Å². The standard InChI is InChI=1S/C14H11ClO7/c1-4-3-5(16)7(13(19)20)8-6(4)11(17)10(15)12(18)9(8)14(21)22-2/h3,16-18H,1-2H3,(H,19,20). The molecule has 0 atom stereocenters. The summed E-state index contributed by atoms with van der Waals surface area (Å²) in [5.74, 6) is -4.65. The van der Waals surface area contributed by atoms with E-state index in [-0.39, 0.29) is 16.3 Å². The third kappa shape index (κ3) is 2.06. The van der Waals surface area contributed by atoms with Crippen LogP contribution in [0.25, 0.3) is 10.8 Å². The Morgan fingerprint density at radius 2 is 1.68 bits per heavy atom. The summed E-state index contributed by atoms with van der Waals surface area (Å²) in [5, 5.41) is 38.3. The summed E-state index contributed by atoms with van der Waals surface area (Å²) in [4.78, 5) is 23.3. The van der Waals surface area contributed by atoms with E-state index in [2.05, 4.69) is 4.74 Å². The van der Waals surface area contributed by atoms with Crippen LogP contribution in [-0.4, -0.2) is 39.5 Å². The molecule has 0 aromatic heterocycles. The number of benzene rings is 2. The molecule has 0 heterocycles. The van der Waals surface area contributed by atoms with Crippen molar-refractivity contribution in [1.82, 2.24) is 0 Å². The smallest absolute Gasteiger partial charge is 0.342 e. The minimum absolute atomic E-state index is 0.0709. The van der Waals surface area contributed by atoms with Crippen LogP contribution in [0.5, 0.6) is 17.2 Å². The molecule has 0 saturated carbocycles. The van der Waals surface area contributed by atoms with Gasteiger partial charge in [0.25, 0.3) is 0 Å². The van der Waals surface area contributed by atoms with Crippen LogP contribution in [0.15, 0.2) is 6.07 Å². The van der Waals surface area contributed by atoms with Crippen LogP contribution in [0.2, 0.25) is 5.02 Å². The molecule has 0 amide bonds. The van der Waals surface area contributed by atoms with Crippen LogP contribution >= 0.6 is 11.6 Å². The van der Waals surface area contributed by atoms with Crippen molar-refractivity contribution in [2.45, 2.75) is 6.92 Å². The van der Waals surface area contributed by atoms with Crippen LogP contribution in [0, 0.1) is 6.92 Å². The first-order valence-corrected chi connectivity index (χ1v) is 6.31. The van der Waals surface area contributed by atoms with Crippen molar-refractivity contribution in [2.24, 2.45) is 0 Å². The largest absolute Gasteiger partial charge is 0.507 e. The molecule has 0 radical (unpaired) electrons. The maximum absolute atomic E-state index is 11.9. The van der Waals surface area contributed by atoms with Crippen molar-refractivity contribution < 1.29 is 34.8 Å². The molecular weight excluding hydrogens is 316 g/mol. The number of aromatic hydroxyl groups is 3. The van der Waals surface area contributed by atoms with E-state index >= 15 is 0 Å². The van der Waals surface area contributed by atoms with Gasteiger partial charge in [-0.3, -0.25) is 0 Å². The van der Waals surface area contributed by atoms with Gasteiger partial charge in [-0.1, -0.05) is 11.6 Å². The predicted octanol–water partition coefficient (Wildman–Crippen LogP) is 2.40. The Hall–Kier alpha value is -2.67. The third-order valence-corrected chi connectivity index (χ3v) is 3.60. The lowest BCUT2D eigenvalue weighted by Gasteiger charge is -2.16. The van der Waals surface area contributed by atoms with Crippen molar-refractivity contribution in [3.05, 3.63) is 27.8 Å². The van der Waals surface area contributed by atoms with Crippen molar-refractivity contribution >= 4 is 34.3 Å². The van der Waals surface area contributed by atoms with Crippen molar-refractivity contribution in [2.75, 3.05) is 7.11 Å². The molecule has 7 nitrogen and oxygen atoms in total. The number of ether oxygens (including phenoxy) is 1. The Morgan fingerprint density at radius 3 is 2.18 bits per heavy atom. The number of carboxylic acids is 1. The van der Waals surface area contributed by atoms with E-state index in [1.165, 1.54) is 6.92 Å². The summed E-state index contributed by atoms with van der Waals surface area (Å²) in [5.41, 5.74) is -0.929. The van der Waals surface area contributed by atoms with Crippen LogP contribution in [0.4, 0.5) is 0 Å². The molecule has 0 aliphatic heterocycles. The highest BCUT2D eigenvalue weighted by Crippen LogP contribution is 2.47. The maximum Gasteiger partial charge on any atom is 0.342 e. The molecule has 0 bridgehead atoms. The lowest BCUT2D eigenvalue weighted by molar-refractivity contribution is 0.0600. The van der Waals surface area contributed by atoms with Crippen molar-refractivity contribution in [3.63, 3.8) is 0 Å². The Balaban J connectivity index is 3.24. The third-order valence-electron chi connectivity index (χ3n) is 3.25. The summed E-state index contributed by atoms with van der Waals surface area (Å²) in [6.45, 7) is 1.47. The molecule has 4 N–H and O–H groups in total. The molecular formula is C14H11ClO7. The van der Waals surface area contributed by atoms with E-state index < -0.39 is 45.3 Å². The Morgan fingerprint density at radius 1 is 1.09 bits per heavy atom. The van der Waals surface area contributed by atoms with E-state index in [1.807, 2.05) is 0 Å². The van der Waals surface area contributed by atoms with E-state index in [4.69, 9.17) is 11.6 Å². The Bertz CT molecular complexity index is 826. The first-order chi connectivity index (χ1) is 10.2. The van der Waals surface area contributed by atoms with Gasteiger partial charge in [0, 0.05) is 10.8 Å². The quantitative estimate of drug-likeness (QED) is 0.624. The van der Waals surface area contributed by atoms with Gasteiger partial charge in [-0.2, -0.15) is 0 Å². The van der Waals surface area contributed by atoms with Gasteiger partial charge < -0.3 is 25.2 Å². The summed E-state index contributed by atoms with van der Waals surface area (Å²) in [6.07, 6.45) is 0. The fourth-order valence-corrected chi connectivity index (χ4v) is 2.51. The van der Waals surface area contributed by atoms with Crippen molar-refractivity contribution in [1.29, 1.82) is 0 Å². The van der Waals surface area contributed by atoms with Crippen molar-refractivity contribution in [3.8, 4) is 17.2 Å². The molecule has 0 unspecified atom stereocenters. The number of fused-ring (bicyclic) bond motifs is 1. The Kier molecular flexibility index (Phi) is 3.76. The normalized spacial score (nSPS) is 10.7. The highest BCUT2D eigenvalue weighted by atomic mass is 35.5. The summed E-state index contributed by atoms with van der Waals surface area (Å²) in [6, 6.07) is 1.11. The number of esters is 1. The van der Waals surface area contributed by atoms with Crippen LogP contribution in [0.3, 0.4) is 0 Å². The van der Waals surface area contributed by atoms with Gasteiger partial charge in [0.15, 0.2) is 5.75 Å². The van der Waals surface area contributed by atoms with E-state index in [1.54, 1.807) is 0 Å². The number of phenolic OH excluding ortho intramolecular Hbond substituents is 2. The van der Waals surface area contributed by atoms with Gasteiger partial charge in [0.05, 0.1) is 7.11 Å². The number of phenols is 3. The minimum atomic E-state index is -1.55. The fourth-order valence-electron chi connectivity index (χ4n) is 2.32. The number of methoxy groups -OCH3 is 1. The second-order valence-corrected chi connectivity index (χ2v) is 4.90. The average molecular weight is 327 g/mol. The van der Waals surface area contributed by atoms with Gasteiger partial charge in [-0.15, -0.1) is 0 Å². The average Bonchev–Trinajstić information content (AvgIpc) is 2.43. The zero-order valence-corrected chi connectivity index (χ0v) is 12.2. The monoisotopic (exact) mass is 326 g/mol. The molecule has 2 aromatic rings. The van der Waals surface area contributed by atoms with Gasteiger partial charge in [-0.05, 0) is 18.6 Å². The molecule has 8 heteroatoms. The highest BCUT2D eigenvalue weighted by Gasteiger charge is 2.29. The molecule has 116 valence electrons. The Labute approximate surface area is 128 Å². The number of rotatable bonds is 2. The lowest BCUT2D eigenvalue weighted by Crippen LogP contribution is -2.08. The molecule has 2 aromatic carbocycles. The molecule has 0 saturated heterocycles. The second-order valence-electron chi connectivity index (χ2n) is 4.52. The number of carbonyl (C=O) groups excluding carboxylic acids is 1. The van der Waals surface area contributed by atoms with Gasteiger partial charge >= 0.3 is 11.9 Å². The SMILES string of the molecule is COC(=O)c1c(O)c(Cl)c(O)c2c(C)cc(O)c(C(=O)O)c12. The summed E-state index contributed by atoms with van der Waals surface area (Å²) < 4.78 is 4.52. The molecule has 0 spiro atoms. The number of aryl methyl sites for hydroxylation is 1. The minimum Gasteiger partial charge on any atom is -0.507 e. The maximum atomic E-state index is 11.9. The summed E-state index contributed by atoms with van der Waals surface area (Å²) in [7, 11) is 1.03. The van der Waals surface area contributed by atoms with E-state index in [9.17, 15) is 30.0 Å². The number of carbonyl (C=O) groups is 2. The van der Waals surface area contributed by atoms with Crippen LogP contribution in [0.1, 0.15) is 26.3 Å². The molecule has 2 rings (SSSR count). The van der Waals surface area contributed by atoms with Gasteiger partial charge in [0.2, 0.25) is 0 Å². The second kappa shape index (κ2) is 5.27. The lowest BCUT2D eigenvalue weighted by atomic mass is 9.93. The first-order valence-electron chi connectivity index (χ1n) is 5.93. The number of carboxylic acid groups (broad SMARTS) is 1. The molecule has 0 aliphatic carbocycles. The number of hydrogen-bond donors (Lipinski definition) is 4. The zero-order valence-electron chi connectivity index (χ0n) is 11.5. The van der Waals surface area contributed by atoms with E-state index in [0.717, 1.165) is 13.2 Å².